The Kier molecular flexibility index (Phi) is 7.96. The molecule has 0 unspecified atom stereocenters. The van der Waals surface area contributed by atoms with Gasteiger partial charge < -0.3 is 8.98 Å². The van der Waals surface area contributed by atoms with Crippen LogP contribution in [0.25, 0.3) is 94.7 Å². The van der Waals surface area contributed by atoms with Gasteiger partial charge >= 0.3 is 0 Å². The first-order chi connectivity index (χ1) is 27.3. The maximum atomic E-state index is 7.04. The molecule has 0 atom stereocenters. The summed E-state index contributed by atoms with van der Waals surface area (Å²) < 4.78 is 9.51. The minimum absolute atomic E-state index is 0.642. The van der Waals surface area contributed by atoms with E-state index in [1.54, 1.807) is 0 Å². The van der Waals surface area contributed by atoms with Gasteiger partial charge in [0, 0.05) is 43.9 Å². The third kappa shape index (κ3) is 5.14. The topological polar surface area (TPSA) is 56.7 Å². The lowest BCUT2D eigenvalue weighted by molar-refractivity contribution is 0.674. The van der Waals surface area contributed by atoms with Crippen molar-refractivity contribution in [3.05, 3.63) is 133 Å². The second-order valence-corrected chi connectivity index (χ2v) is 15.0. The van der Waals surface area contributed by atoms with Crippen molar-refractivity contribution in [2.45, 2.75) is 0 Å². The van der Waals surface area contributed by atoms with Crippen molar-refractivity contribution in [2.24, 2.45) is 0 Å². The quantitative estimate of drug-likeness (QED) is 0.251. The molecule has 0 spiro atoms. The highest BCUT2D eigenvalue weighted by molar-refractivity contribution is 6.64. The number of fused-ring (bicyclic) bond motifs is 6. The van der Waals surface area contributed by atoms with E-state index in [2.05, 4.69) is 124 Å². The molecule has 3 aromatic heterocycles. The van der Waals surface area contributed by atoms with Crippen molar-refractivity contribution < 1.29 is 4.42 Å². The predicted molar refractivity (Wildman–Crippen MR) is 252 cm³/mol. The number of hydrogen-bond donors (Lipinski definition) is 0. The largest absolute Gasteiger partial charge is 0.457 e. The van der Waals surface area contributed by atoms with Gasteiger partial charge in [0.2, 0.25) is 0 Å². The van der Waals surface area contributed by atoms with E-state index in [4.69, 9.17) is 19.4 Å². The molecule has 0 fully saturated rings. The van der Waals surface area contributed by atoms with E-state index in [0.717, 1.165) is 60.5 Å². The molecule has 0 saturated carbocycles. The zero-order chi connectivity index (χ0) is 38.2. The van der Waals surface area contributed by atoms with Crippen molar-refractivity contribution >= 4 is 124 Å². The van der Waals surface area contributed by atoms with Gasteiger partial charge in [-0.1, -0.05) is 143 Å². The van der Waals surface area contributed by atoms with Gasteiger partial charge in [0.05, 0.1) is 11.0 Å². The molecule has 0 bridgehead atoms. The van der Waals surface area contributed by atoms with Gasteiger partial charge in [0.15, 0.2) is 17.5 Å². The Morgan fingerprint density at radius 1 is 0.393 bits per heavy atom. The summed E-state index contributed by atoms with van der Waals surface area (Å²) >= 11 is 0. The van der Waals surface area contributed by atoms with Gasteiger partial charge in [-0.2, -0.15) is 0 Å². The van der Waals surface area contributed by atoms with Gasteiger partial charge in [-0.15, -0.1) is 0 Å². The van der Waals surface area contributed by atoms with Crippen molar-refractivity contribution in [1.29, 1.82) is 0 Å². The highest BCUT2D eigenvalue weighted by Gasteiger charge is 2.26. The normalized spacial score (nSPS) is 11.6. The Morgan fingerprint density at radius 3 is 1.55 bits per heavy atom. The van der Waals surface area contributed by atoms with E-state index in [1.807, 2.05) is 60.7 Å². The monoisotopic (exact) mass is 712 g/mol. The molecule has 0 N–H and O–H groups in total. The van der Waals surface area contributed by atoms with E-state index in [9.17, 15) is 0 Å². The Hall–Kier alpha value is -6.46. The highest BCUT2D eigenvalue weighted by atomic mass is 16.3. The number of aromatic nitrogens is 4. The van der Waals surface area contributed by atoms with Crippen LogP contribution in [-0.4, -0.2) is 66.6 Å². The fourth-order valence-electron chi connectivity index (χ4n) is 8.81. The molecule has 0 saturated heterocycles. The summed E-state index contributed by atoms with van der Waals surface area (Å²) in [7, 11) is 13.3. The van der Waals surface area contributed by atoms with Crippen LogP contribution in [0.15, 0.2) is 138 Å². The second kappa shape index (κ2) is 13.1. The minimum atomic E-state index is 0.642. The standard InChI is InChI=1S/C45H34B6N4O/c46-34-31-32-36(48)40(55-29-19-11-10-18-27(29)28-22-26(20-21-30(28)55)23-12-4-1-5-13-23)38(50)39(51)42(32)56-41(31)37(49)33(35(34)47)45-53-43(24-14-6-2-7-15-24)52-44(54-45)25-16-8-3-9-17-25/h1-22H,46-51H2. The van der Waals surface area contributed by atoms with Crippen molar-refractivity contribution in [2.75, 3.05) is 0 Å². The zero-order valence-electron chi connectivity index (χ0n) is 32.4. The molecule has 0 aliphatic heterocycles. The summed E-state index contributed by atoms with van der Waals surface area (Å²) in [4.78, 5) is 15.2. The minimum Gasteiger partial charge on any atom is -0.457 e. The average Bonchev–Trinajstić information content (AvgIpc) is 3.81. The van der Waals surface area contributed by atoms with Crippen molar-refractivity contribution in [1.82, 2.24) is 19.5 Å². The van der Waals surface area contributed by atoms with E-state index in [-0.39, 0.29) is 0 Å². The number of benzene rings is 7. The molecule has 11 heteroatoms. The first kappa shape index (κ1) is 34.1. The fraction of sp³-hybridized carbons (Fsp3) is 0. The lowest BCUT2D eigenvalue weighted by atomic mass is 9.68. The number of para-hydroxylation sites is 1. The fourth-order valence-corrected chi connectivity index (χ4v) is 8.81. The van der Waals surface area contributed by atoms with Crippen LogP contribution in [0.4, 0.5) is 0 Å². The van der Waals surface area contributed by atoms with Crippen LogP contribution < -0.4 is 32.8 Å². The summed E-state index contributed by atoms with van der Waals surface area (Å²) in [5.41, 5.74) is 17.5. The first-order valence-electron chi connectivity index (χ1n) is 19.2. The second-order valence-electron chi connectivity index (χ2n) is 15.0. The van der Waals surface area contributed by atoms with Crippen LogP contribution in [0.2, 0.25) is 0 Å². The SMILES string of the molecule is Bc1c(-n2c3ccccc3c3cc(-c4ccccc4)ccc32)c(B)c2c(oc3c(B)c(-c4nc(-c5ccccc5)nc(-c5ccccc5)n4)c(B)c(B)c32)c1B. The molecule has 56 heavy (non-hydrogen) atoms. The summed E-state index contributed by atoms with van der Waals surface area (Å²) in [6.07, 6.45) is 0. The molecule has 0 aliphatic carbocycles. The van der Waals surface area contributed by atoms with Gasteiger partial charge in [0.25, 0.3) is 0 Å². The molecule has 5 nitrogen and oxygen atoms in total. The number of hydrogen-bond acceptors (Lipinski definition) is 4. The zero-order valence-corrected chi connectivity index (χ0v) is 32.4. The Labute approximate surface area is 330 Å². The number of nitrogens with zero attached hydrogens (tertiary/aromatic N) is 4. The molecule has 7 aromatic carbocycles. The summed E-state index contributed by atoms with van der Waals surface area (Å²) in [5.74, 6) is 1.93. The van der Waals surface area contributed by atoms with Gasteiger partial charge in [-0.05, 0) is 34.8 Å². The van der Waals surface area contributed by atoms with Crippen LogP contribution in [-0.2, 0) is 0 Å². The smallest absolute Gasteiger partial charge is 0.164 e. The van der Waals surface area contributed by atoms with Crippen LogP contribution in [0, 0.1) is 0 Å². The molecular weight excluding hydrogens is 677 g/mol. The Bertz CT molecular complexity index is 3140. The third-order valence-corrected chi connectivity index (χ3v) is 11.9. The third-order valence-electron chi connectivity index (χ3n) is 11.9. The predicted octanol–water partition coefficient (Wildman–Crippen LogP) is 1.09. The molecule has 258 valence electrons. The first-order valence-corrected chi connectivity index (χ1v) is 19.2. The molecule has 0 amide bonds. The van der Waals surface area contributed by atoms with Crippen molar-refractivity contribution in [3.63, 3.8) is 0 Å². The summed E-state index contributed by atoms with van der Waals surface area (Å²) in [5, 5.41) is 4.78. The van der Waals surface area contributed by atoms with Crippen molar-refractivity contribution in [3.8, 4) is 51.0 Å². The molecule has 10 aromatic rings. The molecule has 0 radical (unpaired) electrons. The van der Waals surface area contributed by atoms with Crippen LogP contribution >= 0.6 is 0 Å². The maximum Gasteiger partial charge on any atom is 0.164 e. The van der Waals surface area contributed by atoms with Crippen LogP contribution in [0.5, 0.6) is 0 Å². The number of furan rings is 1. The average molecular weight is 712 g/mol. The van der Waals surface area contributed by atoms with Gasteiger partial charge in [-0.25, -0.2) is 15.0 Å². The highest BCUT2D eigenvalue weighted by Crippen LogP contribution is 2.35. The van der Waals surface area contributed by atoms with E-state index >= 15 is 0 Å². The maximum absolute atomic E-state index is 7.04. The van der Waals surface area contributed by atoms with E-state index < -0.39 is 0 Å². The molecular formula is C45H34B6N4O. The lowest BCUT2D eigenvalue weighted by Crippen LogP contribution is -2.37. The van der Waals surface area contributed by atoms with Gasteiger partial charge in [-0.3, -0.25) is 0 Å². The van der Waals surface area contributed by atoms with Crippen LogP contribution in [0.1, 0.15) is 0 Å². The van der Waals surface area contributed by atoms with Crippen LogP contribution in [0.3, 0.4) is 0 Å². The summed E-state index contributed by atoms with van der Waals surface area (Å²) in [6.45, 7) is 0. The van der Waals surface area contributed by atoms with E-state index in [0.29, 0.717) is 17.5 Å². The van der Waals surface area contributed by atoms with E-state index in [1.165, 1.54) is 49.5 Å². The number of rotatable bonds is 5. The summed E-state index contributed by atoms with van der Waals surface area (Å²) in [6, 6.07) is 46.6. The molecule has 0 aliphatic rings. The lowest BCUT2D eigenvalue weighted by Gasteiger charge is -2.19. The van der Waals surface area contributed by atoms with Gasteiger partial charge in [0.1, 0.15) is 58.2 Å². The Balaban J connectivity index is 1.23. The Morgan fingerprint density at radius 2 is 0.911 bits per heavy atom. The molecule has 3 heterocycles. The molecule has 10 rings (SSSR count).